The zero-order chi connectivity index (χ0) is 42.1. The van der Waals surface area contributed by atoms with Crippen molar-refractivity contribution in [1.82, 2.24) is 24.7 Å². The Labute approximate surface area is 333 Å². The third-order valence-corrected chi connectivity index (χ3v) is 9.54. The maximum atomic E-state index is 14.1. The van der Waals surface area contributed by atoms with Gasteiger partial charge in [-0.25, -0.2) is 4.39 Å². The van der Waals surface area contributed by atoms with Gasteiger partial charge in [0.05, 0.1) is 5.56 Å². The predicted molar refractivity (Wildman–Crippen MR) is 209 cm³/mol. The van der Waals surface area contributed by atoms with E-state index in [9.17, 15) is 41.5 Å². The molecule has 0 aliphatic rings. The largest absolute Gasteiger partial charge is 0.416 e. The minimum atomic E-state index is -4.41. The monoisotopic (exact) mass is 813 g/mol. The van der Waals surface area contributed by atoms with Crippen LogP contribution in [0.15, 0.2) is 88.9 Å². The Balaban J connectivity index is 0.00000113. The lowest BCUT2D eigenvalue weighted by atomic mass is 10.0. The summed E-state index contributed by atoms with van der Waals surface area (Å²) in [6.45, 7) is 11.0. The molecule has 0 aliphatic heterocycles. The molecule has 0 atom stereocenters. The SMILES string of the molecule is CC(=O)OC(C)=O.CCN(CC)CCN(Cc1ccc(-c2ccc(C(F)(F)F)cc2)cc1)C(=O)Cn1cc(CCNC(C)=O)c(=O)nc1SCc1ccc(F)cc1. The Morgan fingerprint density at radius 1 is 0.825 bits per heavy atom. The summed E-state index contributed by atoms with van der Waals surface area (Å²) in [7, 11) is 0. The second kappa shape index (κ2) is 22.4. The molecule has 306 valence electrons. The summed E-state index contributed by atoms with van der Waals surface area (Å²) < 4.78 is 58.2. The van der Waals surface area contributed by atoms with Gasteiger partial charge in [-0.1, -0.05) is 74.1 Å². The first-order valence-electron chi connectivity index (χ1n) is 18.2. The van der Waals surface area contributed by atoms with Crippen LogP contribution in [0.3, 0.4) is 0 Å². The molecule has 0 aliphatic carbocycles. The summed E-state index contributed by atoms with van der Waals surface area (Å²) in [5, 5.41) is 3.01. The Bertz CT molecular complexity index is 1990. The average molecular weight is 814 g/mol. The quantitative estimate of drug-likeness (QED) is 0.0443. The standard InChI is InChI=1S/C37H41F4N5O3S.C4H6O3/c1-4-44(5-2)20-21-45(22-27-6-10-29(11-7-27)30-12-14-32(15-13-30)37(39,40)41)34(48)24-46-23-31(18-19-42-26(3)47)35(49)43-36(46)50-25-28-8-16-33(38)17-9-28;1-3(5)7-4(2)6/h6-17,23H,4-5,18-22,24-25H2,1-3H3,(H,42,47);1-2H3. The molecule has 1 N–H and O–H groups in total. The summed E-state index contributed by atoms with van der Waals surface area (Å²) in [4.78, 5) is 66.3. The van der Waals surface area contributed by atoms with Gasteiger partial charge in [-0.05, 0) is 66.0 Å². The number of carbonyl (C=O) groups excluding carboxylic acids is 4. The van der Waals surface area contributed by atoms with E-state index < -0.39 is 29.2 Å². The summed E-state index contributed by atoms with van der Waals surface area (Å²) in [5.74, 6) is -1.52. The molecule has 1 aromatic heterocycles. The van der Waals surface area contributed by atoms with Crippen molar-refractivity contribution in [2.75, 3.05) is 32.7 Å². The van der Waals surface area contributed by atoms with Crippen molar-refractivity contribution in [3.8, 4) is 11.1 Å². The maximum absolute atomic E-state index is 14.1. The number of esters is 2. The van der Waals surface area contributed by atoms with E-state index in [-0.39, 0.29) is 43.7 Å². The number of hydrogen-bond donors (Lipinski definition) is 1. The van der Waals surface area contributed by atoms with Crippen molar-refractivity contribution < 1.29 is 41.5 Å². The smallest absolute Gasteiger partial charge is 0.394 e. The first kappa shape index (κ1) is 46.0. The number of thioether (sulfide) groups is 1. The summed E-state index contributed by atoms with van der Waals surface area (Å²) in [6, 6.07) is 18.4. The molecule has 4 rings (SSSR count). The van der Waals surface area contributed by atoms with Crippen LogP contribution < -0.4 is 10.9 Å². The zero-order valence-electron chi connectivity index (χ0n) is 32.5. The van der Waals surface area contributed by atoms with Crippen LogP contribution in [0.1, 0.15) is 56.9 Å². The Morgan fingerprint density at radius 2 is 1.39 bits per heavy atom. The molecule has 2 amide bonds. The lowest BCUT2D eigenvalue weighted by Gasteiger charge is -2.27. The van der Waals surface area contributed by atoms with Gasteiger partial charge in [0.25, 0.3) is 5.56 Å². The lowest BCUT2D eigenvalue weighted by Crippen LogP contribution is -2.40. The molecule has 4 aromatic rings. The van der Waals surface area contributed by atoms with Crippen LogP contribution >= 0.6 is 11.8 Å². The molecule has 1 heterocycles. The molecular weight excluding hydrogens is 767 g/mol. The molecule has 3 aromatic carbocycles. The zero-order valence-corrected chi connectivity index (χ0v) is 33.3. The van der Waals surface area contributed by atoms with Crippen molar-refractivity contribution in [3.63, 3.8) is 0 Å². The van der Waals surface area contributed by atoms with Gasteiger partial charge in [0.2, 0.25) is 11.8 Å². The fraction of sp³-hybridized carbons (Fsp3) is 0.366. The topological polar surface area (TPSA) is 131 Å². The van der Waals surface area contributed by atoms with Crippen molar-refractivity contribution in [2.24, 2.45) is 0 Å². The van der Waals surface area contributed by atoms with Gasteiger partial charge in [-0.15, -0.1) is 0 Å². The summed E-state index contributed by atoms with van der Waals surface area (Å²) >= 11 is 1.26. The van der Waals surface area contributed by atoms with E-state index in [4.69, 9.17) is 0 Å². The maximum Gasteiger partial charge on any atom is 0.416 e. The van der Waals surface area contributed by atoms with Crippen LogP contribution in [0.25, 0.3) is 11.1 Å². The second-order valence-corrected chi connectivity index (χ2v) is 13.8. The van der Waals surface area contributed by atoms with Crippen LogP contribution in [0.2, 0.25) is 0 Å². The highest BCUT2D eigenvalue weighted by atomic mass is 32.2. The lowest BCUT2D eigenvalue weighted by molar-refractivity contribution is -0.156. The molecule has 0 spiro atoms. The predicted octanol–water partition coefficient (Wildman–Crippen LogP) is 6.51. The molecule has 57 heavy (non-hydrogen) atoms. The number of halogens is 4. The third kappa shape index (κ3) is 16.0. The number of hydrogen-bond acceptors (Lipinski definition) is 9. The van der Waals surface area contributed by atoms with Gasteiger partial charge >= 0.3 is 18.1 Å². The van der Waals surface area contributed by atoms with E-state index in [2.05, 4.69) is 33.8 Å². The summed E-state index contributed by atoms with van der Waals surface area (Å²) in [6.07, 6.45) is -2.56. The fourth-order valence-corrected chi connectivity index (χ4v) is 6.36. The van der Waals surface area contributed by atoms with E-state index in [1.54, 1.807) is 27.8 Å². The van der Waals surface area contributed by atoms with Gasteiger partial charge in [0.1, 0.15) is 12.4 Å². The molecule has 11 nitrogen and oxygen atoms in total. The average Bonchev–Trinajstić information content (AvgIpc) is 3.15. The van der Waals surface area contributed by atoms with Crippen molar-refractivity contribution >= 4 is 35.5 Å². The van der Waals surface area contributed by atoms with Crippen LogP contribution in [0, 0.1) is 5.82 Å². The number of benzene rings is 3. The van der Waals surface area contributed by atoms with Crippen LogP contribution in [0.5, 0.6) is 0 Å². The van der Waals surface area contributed by atoms with Gasteiger partial charge in [-0.2, -0.15) is 18.2 Å². The molecule has 16 heteroatoms. The van der Waals surface area contributed by atoms with E-state index in [0.717, 1.165) is 41.9 Å². The van der Waals surface area contributed by atoms with Gasteiger partial charge in [0.15, 0.2) is 5.16 Å². The number of alkyl halides is 3. The molecule has 0 radical (unpaired) electrons. The molecule has 0 saturated carbocycles. The number of likely N-dealkylation sites (N-methyl/N-ethyl adjacent to an activating group) is 1. The van der Waals surface area contributed by atoms with Crippen LogP contribution in [-0.4, -0.2) is 75.8 Å². The number of rotatable bonds is 16. The number of ether oxygens (including phenoxy) is 1. The van der Waals surface area contributed by atoms with Crippen molar-refractivity contribution in [1.29, 1.82) is 0 Å². The summed E-state index contributed by atoms with van der Waals surface area (Å²) in [5.41, 5.74) is 2.24. The first-order valence-corrected chi connectivity index (χ1v) is 19.1. The van der Waals surface area contributed by atoms with Crippen molar-refractivity contribution in [2.45, 2.75) is 71.2 Å². The highest BCUT2D eigenvalue weighted by Gasteiger charge is 2.30. The minimum Gasteiger partial charge on any atom is -0.394 e. The van der Waals surface area contributed by atoms with E-state index in [0.29, 0.717) is 35.1 Å². The highest BCUT2D eigenvalue weighted by Crippen LogP contribution is 2.31. The number of nitrogens with zero attached hydrogens (tertiary/aromatic N) is 4. The first-order chi connectivity index (χ1) is 27.0. The number of carbonyl (C=O) groups is 4. The molecule has 0 fully saturated rings. The number of aromatic nitrogens is 2. The van der Waals surface area contributed by atoms with Gasteiger partial charge < -0.3 is 24.4 Å². The molecule has 0 saturated heterocycles. The Kier molecular flexibility index (Phi) is 18.1. The molecular formula is C41H47F4N5O6S. The van der Waals surface area contributed by atoms with Gasteiger partial charge in [0, 0.05) is 64.5 Å². The van der Waals surface area contributed by atoms with Crippen molar-refractivity contribution in [3.05, 3.63) is 117 Å². The number of nitrogens with one attached hydrogen (secondary N) is 1. The molecule has 0 unspecified atom stereocenters. The highest BCUT2D eigenvalue weighted by molar-refractivity contribution is 7.98. The van der Waals surface area contributed by atoms with E-state index in [1.165, 1.54) is 56.8 Å². The van der Waals surface area contributed by atoms with E-state index in [1.807, 2.05) is 24.3 Å². The second-order valence-electron chi connectivity index (χ2n) is 12.8. The van der Waals surface area contributed by atoms with E-state index >= 15 is 0 Å². The molecule has 0 bridgehead atoms. The van der Waals surface area contributed by atoms with Crippen LogP contribution in [-0.2, 0) is 55.4 Å². The normalized spacial score (nSPS) is 11.1. The minimum absolute atomic E-state index is 0.103. The van der Waals surface area contributed by atoms with Crippen LogP contribution in [0.4, 0.5) is 17.6 Å². The number of amides is 2. The Hall–Kier alpha value is -5.35. The third-order valence-electron chi connectivity index (χ3n) is 8.48. The van der Waals surface area contributed by atoms with Gasteiger partial charge in [-0.3, -0.25) is 24.0 Å². The fourth-order valence-electron chi connectivity index (χ4n) is 5.44. The Morgan fingerprint density at radius 3 is 1.89 bits per heavy atom.